The quantitative estimate of drug-likeness (QED) is 0.465. The number of carboxylic acids is 2. The zero-order valence-electron chi connectivity index (χ0n) is 16.8. The molecule has 2 saturated heterocycles. The van der Waals surface area contributed by atoms with E-state index in [9.17, 15) is 31.1 Å². The molecule has 0 aromatic carbocycles. The zero-order chi connectivity index (χ0) is 25.2. The maximum Gasteiger partial charge on any atom is 0.490 e. The van der Waals surface area contributed by atoms with Crippen LogP contribution in [-0.4, -0.2) is 71.2 Å². The van der Waals surface area contributed by atoms with Crippen molar-refractivity contribution in [1.82, 2.24) is 10.3 Å². The van der Waals surface area contributed by atoms with Gasteiger partial charge in [-0.05, 0) is 37.4 Å². The summed E-state index contributed by atoms with van der Waals surface area (Å²) in [4.78, 5) is 34.0. The molecule has 3 heterocycles. The lowest BCUT2D eigenvalue weighted by Gasteiger charge is -2.38. The molecule has 3 rings (SSSR count). The molecular weight excluding hydrogens is 468 g/mol. The highest BCUT2D eigenvalue weighted by atomic mass is 19.4. The van der Waals surface area contributed by atoms with Crippen molar-refractivity contribution in [3.63, 3.8) is 0 Å². The van der Waals surface area contributed by atoms with E-state index in [0.29, 0.717) is 18.6 Å². The molecule has 1 aromatic heterocycles. The summed E-state index contributed by atoms with van der Waals surface area (Å²) in [5.41, 5.74) is 0.747. The summed E-state index contributed by atoms with van der Waals surface area (Å²) in [5, 5.41) is 20.5. The molecule has 0 spiro atoms. The Morgan fingerprint density at radius 2 is 1.67 bits per heavy atom. The van der Waals surface area contributed by atoms with Crippen molar-refractivity contribution in [2.75, 3.05) is 25.0 Å². The van der Waals surface area contributed by atoms with Gasteiger partial charge in [0.25, 0.3) is 0 Å². The molecule has 0 bridgehead atoms. The maximum atomic E-state index is 12.2. The number of anilines is 1. The van der Waals surface area contributed by atoms with Gasteiger partial charge < -0.3 is 25.6 Å². The van der Waals surface area contributed by atoms with Gasteiger partial charge in [-0.15, -0.1) is 0 Å². The van der Waals surface area contributed by atoms with E-state index < -0.39 is 24.3 Å². The molecular formula is C18H21F6N3O6. The number of amides is 1. The second-order valence-corrected chi connectivity index (χ2v) is 6.89. The fraction of sp³-hybridized carbons (Fsp3) is 0.556. The van der Waals surface area contributed by atoms with E-state index in [1.54, 1.807) is 12.4 Å². The molecule has 3 atom stereocenters. The van der Waals surface area contributed by atoms with Crippen LogP contribution in [0.15, 0.2) is 24.5 Å². The minimum atomic E-state index is -5.08. The third-order valence-corrected chi connectivity index (χ3v) is 4.42. The molecule has 0 unspecified atom stereocenters. The summed E-state index contributed by atoms with van der Waals surface area (Å²) in [6.45, 7) is 2.52. The van der Waals surface area contributed by atoms with Crippen LogP contribution in [-0.2, 0) is 19.1 Å². The molecule has 0 saturated carbocycles. The van der Waals surface area contributed by atoms with Gasteiger partial charge in [0.15, 0.2) is 0 Å². The third-order valence-electron chi connectivity index (χ3n) is 4.42. The van der Waals surface area contributed by atoms with E-state index in [2.05, 4.69) is 15.6 Å². The fourth-order valence-corrected chi connectivity index (χ4v) is 2.89. The molecule has 0 radical (unpaired) electrons. The lowest BCUT2D eigenvalue weighted by Crippen LogP contribution is -2.48. The Bertz CT molecular complexity index is 766. The van der Waals surface area contributed by atoms with Crippen molar-refractivity contribution in [2.45, 2.75) is 31.3 Å². The van der Waals surface area contributed by atoms with Gasteiger partial charge in [-0.3, -0.25) is 9.78 Å². The number of alkyl halides is 6. The Balaban J connectivity index is 0.000000324. The molecule has 2 aliphatic heterocycles. The first-order valence-corrected chi connectivity index (χ1v) is 9.35. The monoisotopic (exact) mass is 489 g/mol. The lowest BCUT2D eigenvalue weighted by molar-refractivity contribution is -0.193. The first-order chi connectivity index (χ1) is 15.2. The van der Waals surface area contributed by atoms with Crippen LogP contribution in [0.3, 0.4) is 0 Å². The van der Waals surface area contributed by atoms with Gasteiger partial charge >= 0.3 is 24.3 Å². The average Bonchev–Trinajstić information content (AvgIpc) is 2.73. The number of aliphatic carboxylic acids is 2. The van der Waals surface area contributed by atoms with Crippen molar-refractivity contribution in [1.29, 1.82) is 0 Å². The van der Waals surface area contributed by atoms with Crippen molar-refractivity contribution in [2.24, 2.45) is 11.8 Å². The first kappa shape index (κ1) is 28.1. The van der Waals surface area contributed by atoms with Crippen LogP contribution in [0.2, 0.25) is 0 Å². The summed E-state index contributed by atoms with van der Waals surface area (Å²) >= 11 is 0. The average molecular weight is 489 g/mol. The summed E-state index contributed by atoms with van der Waals surface area (Å²) in [6.07, 6.45) is -4.51. The number of piperidine rings is 1. The summed E-state index contributed by atoms with van der Waals surface area (Å²) in [7, 11) is 0. The molecule has 2 aliphatic rings. The molecule has 4 N–H and O–H groups in total. The molecule has 9 nitrogen and oxygen atoms in total. The predicted molar refractivity (Wildman–Crippen MR) is 99.1 cm³/mol. The Morgan fingerprint density at radius 1 is 1.09 bits per heavy atom. The largest absolute Gasteiger partial charge is 0.490 e. The molecule has 33 heavy (non-hydrogen) atoms. The van der Waals surface area contributed by atoms with Crippen LogP contribution in [0.5, 0.6) is 0 Å². The van der Waals surface area contributed by atoms with E-state index in [1.807, 2.05) is 12.1 Å². The number of aromatic nitrogens is 1. The van der Waals surface area contributed by atoms with Crippen LogP contribution in [0, 0.1) is 11.8 Å². The van der Waals surface area contributed by atoms with Crippen LogP contribution in [0.4, 0.5) is 32.0 Å². The second-order valence-electron chi connectivity index (χ2n) is 6.89. The van der Waals surface area contributed by atoms with Gasteiger partial charge in [-0.2, -0.15) is 26.3 Å². The Hall–Kier alpha value is -2.94. The number of hydrogen-bond donors (Lipinski definition) is 4. The number of carbonyl (C=O) groups is 3. The number of nitrogens with one attached hydrogen (secondary N) is 2. The summed E-state index contributed by atoms with van der Waals surface area (Å²) in [5.74, 6) is -5.06. The molecule has 186 valence electrons. The first-order valence-electron chi connectivity index (χ1n) is 9.35. The Kier molecular flexibility index (Phi) is 10.5. The number of halogens is 6. The number of nitrogens with zero attached hydrogens (tertiary/aromatic N) is 1. The SMILES string of the molecule is O=C(Nc1cccnc1)[C@H]1CO[C@H]2CCNC[C@H]2C1.O=C(O)C(F)(F)F.O=C(O)C(F)(F)F. The second kappa shape index (κ2) is 12.3. The van der Waals surface area contributed by atoms with Crippen molar-refractivity contribution >= 4 is 23.5 Å². The summed E-state index contributed by atoms with van der Waals surface area (Å²) in [6, 6.07) is 3.66. The van der Waals surface area contributed by atoms with E-state index >= 15 is 0 Å². The highest BCUT2D eigenvalue weighted by Gasteiger charge is 2.39. The number of hydrogen-bond acceptors (Lipinski definition) is 6. The third kappa shape index (κ3) is 10.5. The molecule has 0 aliphatic carbocycles. The number of ether oxygens (including phenoxy) is 1. The maximum absolute atomic E-state index is 12.2. The number of carbonyl (C=O) groups excluding carboxylic acids is 1. The minimum absolute atomic E-state index is 0.0389. The van der Waals surface area contributed by atoms with Crippen LogP contribution < -0.4 is 10.6 Å². The van der Waals surface area contributed by atoms with Gasteiger partial charge in [-0.1, -0.05) is 0 Å². The topological polar surface area (TPSA) is 138 Å². The molecule has 1 amide bonds. The smallest absolute Gasteiger partial charge is 0.475 e. The molecule has 1 aromatic rings. The molecule has 2 fully saturated rings. The molecule has 15 heteroatoms. The lowest BCUT2D eigenvalue weighted by atomic mass is 9.84. The predicted octanol–water partition coefficient (Wildman–Crippen LogP) is 2.30. The van der Waals surface area contributed by atoms with Gasteiger partial charge in [0.05, 0.1) is 30.5 Å². The van der Waals surface area contributed by atoms with Gasteiger partial charge in [0, 0.05) is 12.7 Å². The minimum Gasteiger partial charge on any atom is -0.475 e. The van der Waals surface area contributed by atoms with E-state index in [0.717, 1.165) is 31.6 Å². The van der Waals surface area contributed by atoms with E-state index in [-0.39, 0.29) is 11.8 Å². The highest BCUT2D eigenvalue weighted by Crippen LogP contribution is 2.29. The van der Waals surface area contributed by atoms with Crippen LogP contribution in [0.1, 0.15) is 12.8 Å². The fourth-order valence-electron chi connectivity index (χ4n) is 2.89. The van der Waals surface area contributed by atoms with Crippen LogP contribution in [0.25, 0.3) is 0 Å². The highest BCUT2D eigenvalue weighted by molar-refractivity contribution is 5.92. The van der Waals surface area contributed by atoms with Gasteiger partial charge in [0.1, 0.15) is 0 Å². The van der Waals surface area contributed by atoms with Crippen LogP contribution >= 0.6 is 0 Å². The van der Waals surface area contributed by atoms with Crippen molar-refractivity contribution in [3.05, 3.63) is 24.5 Å². The number of rotatable bonds is 2. The van der Waals surface area contributed by atoms with Gasteiger partial charge in [0.2, 0.25) is 5.91 Å². The number of pyridine rings is 1. The van der Waals surface area contributed by atoms with E-state index in [1.165, 1.54) is 0 Å². The Morgan fingerprint density at radius 3 is 2.15 bits per heavy atom. The normalized spacial score (nSPS) is 22.3. The Labute approximate surface area is 183 Å². The standard InChI is InChI=1S/C14H19N3O2.2C2HF3O2/c18-14(17-12-2-1-4-15-8-12)11-6-10-7-16-5-3-13(10)19-9-11;2*3-2(4,5)1(6)7/h1-2,4,8,10-11,13,16H,3,5-7,9H2,(H,17,18);2*(H,6,7)/t10-,11-,13+;;/m1../s1. The number of fused-ring (bicyclic) bond motifs is 1. The van der Waals surface area contributed by atoms with Crippen molar-refractivity contribution < 1.29 is 55.7 Å². The number of carboxylic acid groups (broad SMARTS) is 2. The summed E-state index contributed by atoms with van der Waals surface area (Å²) < 4.78 is 69.3. The van der Waals surface area contributed by atoms with Gasteiger partial charge in [-0.25, -0.2) is 9.59 Å². The zero-order valence-corrected chi connectivity index (χ0v) is 16.8. The van der Waals surface area contributed by atoms with E-state index in [4.69, 9.17) is 24.5 Å². The van der Waals surface area contributed by atoms with Crippen molar-refractivity contribution in [3.8, 4) is 0 Å².